The average molecular weight is 451 g/mol. The number of hydrogen-bond acceptors (Lipinski definition) is 5. The number of nitrogens with one attached hydrogen (secondary N) is 2. The lowest BCUT2D eigenvalue weighted by Gasteiger charge is -2.56. The van der Waals surface area contributed by atoms with E-state index in [9.17, 15) is 19.1 Å². The molecular formula is C22H24ClFN2O5. The maximum Gasteiger partial charge on any atom is 0.287 e. The van der Waals surface area contributed by atoms with Crippen LogP contribution in [0.4, 0.5) is 4.39 Å². The predicted octanol–water partition coefficient (Wildman–Crippen LogP) is 3.12. The Labute approximate surface area is 183 Å². The number of amides is 2. The summed E-state index contributed by atoms with van der Waals surface area (Å²) in [5, 5.41) is 16.7. The molecule has 1 unspecified atom stereocenters. The van der Waals surface area contributed by atoms with Gasteiger partial charge < -0.3 is 24.9 Å². The zero-order valence-electron chi connectivity index (χ0n) is 17.0. The lowest BCUT2D eigenvalue weighted by Crippen LogP contribution is -2.70. The van der Waals surface area contributed by atoms with Gasteiger partial charge in [-0.2, -0.15) is 0 Å². The number of carbonyl (C=O) groups is 2. The number of carbonyl (C=O) groups excluding carboxylic acids is 2. The van der Waals surface area contributed by atoms with Gasteiger partial charge in [0, 0.05) is 11.6 Å². The zero-order valence-corrected chi connectivity index (χ0v) is 17.8. The second kappa shape index (κ2) is 8.16. The van der Waals surface area contributed by atoms with Gasteiger partial charge in [-0.05, 0) is 63.3 Å². The van der Waals surface area contributed by atoms with Gasteiger partial charge in [0.2, 0.25) is 0 Å². The second-order valence-electron chi connectivity index (χ2n) is 8.43. The summed E-state index contributed by atoms with van der Waals surface area (Å²) < 4.78 is 24.2. The SMILES string of the molecule is Cc1ccc(C(=O)NC23CCC(NC(=O)COc4ccc(Cl)c(F)c4)(CC2)C(O)C3)o1. The molecule has 3 aliphatic carbocycles. The Morgan fingerprint density at radius 3 is 2.58 bits per heavy atom. The van der Waals surface area contributed by atoms with Crippen molar-refractivity contribution in [1.82, 2.24) is 10.6 Å². The fourth-order valence-corrected chi connectivity index (χ4v) is 4.67. The van der Waals surface area contributed by atoms with Gasteiger partial charge in [-0.15, -0.1) is 0 Å². The lowest BCUT2D eigenvalue weighted by molar-refractivity contribution is -0.132. The van der Waals surface area contributed by atoms with Crippen LogP contribution in [-0.2, 0) is 4.79 Å². The van der Waals surface area contributed by atoms with Gasteiger partial charge in [-0.3, -0.25) is 9.59 Å². The molecule has 9 heteroatoms. The number of aryl methyl sites for hydroxylation is 1. The maximum atomic E-state index is 13.5. The van der Waals surface area contributed by atoms with E-state index in [0.717, 1.165) is 6.07 Å². The van der Waals surface area contributed by atoms with Gasteiger partial charge in [0.15, 0.2) is 12.4 Å². The minimum Gasteiger partial charge on any atom is -0.484 e. The van der Waals surface area contributed by atoms with Crippen molar-refractivity contribution in [3.63, 3.8) is 0 Å². The van der Waals surface area contributed by atoms with Crippen molar-refractivity contribution in [1.29, 1.82) is 0 Å². The number of hydrogen-bond donors (Lipinski definition) is 3. The normalized spacial score (nSPS) is 27.0. The molecule has 1 heterocycles. The minimum absolute atomic E-state index is 0.0269. The van der Waals surface area contributed by atoms with Crippen LogP contribution in [-0.4, -0.2) is 40.7 Å². The van der Waals surface area contributed by atoms with Crippen LogP contribution >= 0.6 is 11.6 Å². The number of ether oxygens (including phenoxy) is 1. The molecule has 3 aliphatic rings. The van der Waals surface area contributed by atoms with Crippen LogP contribution in [0, 0.1) is 12.7 Å². The summed E-state index contributed by atoms with van der Waals surface area (Å²) in [4.78, 5) is 25.0. The summed E-state index contributed by atoms with van der Waals surface area (Å²) >= 11 is 5.64. The Balaban J connectivity index is 1.34. The second-order valence-corrected chi connectivity index (χ2v) is 8.84. The van der Waals surface area contributed by atoms with Crippen molar-refractivity contribution in [2.45, 2.75) is 56.2 Å². The fraction of sp³-hybridized carbons (Fsp3) is 0.455. The number of rotatable bonds is 6. The van der Waals surface area contributed by atoms with Crippen molar-refractivity contribution in [2.24, 2.45) is 0 Å². The monoisotopic (exact) mass is 450 g/mol. The van der Waals surface area contributed by atoms with E-state index in [2.05, 4.69) is 10.6 Å². The van der Waals surface area contributed by atoms with E-state index in [1.54, 1.807) is 19.1 Å². The molecule has 31 heavy (non-hydrogen) atoms. The maximum absolute atomic E-state index is 13.5. The Bertz CT molecular complexity index is 1000. The first kappa shape index (κ1) is 21.6. The zero-order chi connectivity index (χ0) is 22.2. The molecule has 166 valence electrons. The van der Waals surface area contributed by atoms with Crippen LogP contribution in [0.2, 0.25) is 5.02 Å². The Hall–Kier alpha value is -2.58. The molecule has 2 aromatic rings. The third kappa shape index (κ3) is 4.41. The Kier molecular flexibility index (Phi) is 5.70. The average Bonchev–Trinajstić information content (AvgIpc) is 3.17. The van der Waals surface area contributed by atoms with Crippen LogP contribution in [0.3, 0.4) is 0 Å². The van der Waals surface area contributed by atoms with Gasteiger partial charge >= 0.3 is 0 Å². The predicted molar refractivity (Wildman–Crippen MR) is 111 cm³/mol. The van der Waals surface area contributed by atoms with E-state index in [4.69, 9.17) is 20.8 Å². The molecule has 1 atom stereocenters. The van der Waals surface area contributed by atoms with E-state index in [1.807, 2.05) is 0 Å². The summed E-state index contributed by atoms with van der Waals surface area (Å²) in [6.45, 7) is 1.46. The first-order chi connectivity index (χ1) is 14.7. The topological polar surface area (TPSA) is 101 Å². The molecule has 0 aliphatic heterocycles. The van der Waals surface area contributed by atoms with Gasteiger partial charge in [0.05, 0.1) is 16.7 Å². The molecule has 1 aromatic carbocycles. The van der Waals surface area contributed by atoms with Gasteiger partial charge in [0.1, 0.15) is 17.3 Å². The minimum atomic E-state index is -0.814. The molecule has 3 saturated carbocycles. The number of aliphatic hydroxyl groups excluding tert-OH is 1. The standard InChI is InChI=1S/C22H24ClFN2O5/c1-13-2-5-17(31-13)20(29)26-21-6-8-22(9-7-21,18(27)11-21)25-19(28)12-30-14-3-4-15(23)16(24)10-14/h2-5,10,18,27H,6-9,11-12H2,1H3,(H,25,28)(H,26,29). The quantitative estimate of drug-likeness (QED) is 0.627. The molecule has 0 spiro atoms. The first-order valence-electron chi connectivity index (χ1n) is 10.2. The van der Waals surface area contributed by atoms with E-state index >= 15 is 0 Å². The molecule has 5 rings (SSSR count). The van der Waals surface area contributed by atoms with E-state index in [-0.39, 0.29) is 29.0 Å². The van der Waals surface area contributed by atoms with Crippen LogP contribution in [0.25, 0.3) is 0 Å². The van der Waals surface area contributed by atoms with Crippen molar-refractivity contribution >= 4 is 23.4 Å². The smallest absolute Gasteiger partial charge is 0.287 e. The van der Waals surface area contributed by atoms with Gasteiger partial charge in [-0.25, -0.2) is 4.39 Å². The van der Waals surface area contributed by atoms with Crippen molar-refractivity contribution in [2.75, 3.05) is 6.61 Å². The Morgan fingerprint density at radius 2 is 1.97 bits per heavy atom. The van der Waals surface area contributed by atoms with Crippen LogP contribution in [0.1, 0.15) is 48.4 Å². The highest BCUT2D eigenvalue weighted by molar-refractivity contribution is 6.30. The summed E-state index contributed by atoms with van der Waals surface area (Å²) in [6.07, 6.45) is 1.81. The number of furan rings is 1. The lowest BCUT2D eigenvalue weighted by atomic mass is 9.60. The number of benzene rings is 1. The van der Waals surface area contributed by atoms with Crippen LogP contribution < -0.4 is 15.4 Å². The third-order valence-corrected chi connectivity index (χ3v) is 6.62. The molecule has 2 amide bonds. The molecule has 2 bridgehead atoms. The van der Waals surface area contributed by atoms with E-state index < -0.39 is 28.9 Å². The van der Waals surface area contributed by atoms with Gasteiger partial charge in [0.25, 0.3) is 11.8 Å². The molecule has 7 nitrogen and oxygen atoms in total. The molecule has 1 aromatic heterocycles. The molecule has 0 saturated heterocycles. The van der Waals surface area contributed by atoms with E-state index in [0.29, 0.717) is 37.9 Å². The number of fused-ring (bicyclic) bond motifs is 3. The fourth-order valence-electron chi connectivity index (χ4n) is 4.55. The summed E-state index contributed by atoms with van der Waals surface area (Å²) in [5.41, 5.74) is -1.29. The van der Waals surface area contributed by atoms with Crippen molar-refractivity contribution < 1.29 is 28.2 Å². The van der Waals surface area contributed by atoms with Crippen LogP contribution in [0.15, 0.2) is 34.7 Å². The van der Waals surface area contributed by atoms with Crippen molar-refractivity contribution in [3.05, 3.63) is 52.7 Å². The summed E-state index contributed by atoms with van der Waals surface area (Å²) in [7, 11) is 0. The molecule has 0 radical (unpaired) electrons. The van der Waals surface area contributed by atoms with Gasteiger partial charge in [-0.1, -0.05) is 11.6 Å². The molecule has 3 fully saturated rings. The van der Waals surface area contributed by atoms with E-state index in [1.165, 1.54) is 12.1 Å². The highest BCUT2D eigenvalue weighted by Gasteiger charge is 2.55. The number of halogens is 2. The highest BCUT2D eigenvalue weighted by Crippen LogP contribution is 2.47. The van der Waals surface area contributed by atoms with Crippen molar-refractivity contribution in [3.8, 4) is 5.75 Å². The largest absolute Gasteiger partial charge is 0.484 e. The first-order valence-corrected chi connectivity index (χ1v) is 10.5. The number of aliphatic hydroxyl groups is 1. The highest BCUT2D eigenvalue weighted by atomic mass is 35.5. The molecular weight excluding hydrogens is 427 g/mol. The summed E-state index contributed by atoms with van der Waals surface area (Å²) in [6, 6.07) is 7.30. The molecule has 3 N–H and O–H groups in total. The Morgan fingerprint density at radius 1 is 1.23 bits per heavy atom. The summed E-state index contributed by atoms with van der Waals surface area (Å²) in [5.74, 6) is -0.247. The van der Waals surface area contributed by atoms with Crippen LogP contribution in [0.5, 0.6) is 5.75 Å². The third-order valence-electron chi connectivity index (χ3n) is 6.31.